The first-order chi connectivity index (χ1) is 13.0. The van der Waals surface area contributed by atoms with E-state index < -0.39 is 26.7 Å². The molecule has 0 atom stereocenters. The number of thioether (sulfide) groups is 1. The molecule has 0 bridgehead atoms. The molecule has 0 spiro atoms. The van der Waals surface area contributed by atoms with E-state index in [2.05, 4.69) is 21.3 Å². The summed E-state index contributed by atoms with van der Waals surface area (Å²) in [6.45, 7) is -1.49. The topological polar surface area (TPSA) is 48.1 Å². The lowest BCUT2D eigenvalue weighted by Gasteiger charge is -2.24. The van der Waals surface area contributed by atoms with Gasteiger partial charge in [-0.1, -0.05) is 0 Å². The molecule has 0 radical (unpaired) electrons. The minimum atomic E-state index is -0.538. The van der Waals surface area contributed by atoms with E-state index in [-0.39, 0.29) is 26.2 Å². The maximum atomic E-state index is 12.7. The first-order valence-electron chi connectivity index (χ1n) is 8.20. The van der Waals surface area contributed by atoms with Gasteiger partial charge in [0.05, 0.1) is 0 Å². The largest absolute Gasteiger partial charge is 0.375 e. The second-order valence-corrected chi connectivity index (χ2v) is 10.5. The minimum absolute atomic E-state index is 0.131. The van der Waals surface area contributed by atoms with Gasteiger partial charge in [0, 0.05) is 26.2 Å². The van der Waals surface area contributed by atoms with Crippen molar-refractivity contribution < 1.29 is 20.3 Å². The SMILES string of the molecule is CS/C(NCCF)=C(/NCCF)S[N+]1(C)SC(NCCF)=C(NCCF)S1. The van der Waals surface area contributed by atoms with Crippen molar-refractivity contribution in [1.29, 1.82) is 0 Å². The zero-order chi connectivity index (χ0) is 20.1. The zero-order valence-corrected chi connectivity index (χ0v) is 18.5. The average molecular weight is 469 g/mol. The second-order valence-electron chi connectivity index (χ2n) is 5.03. The average Bonchev–Trinajstić information content (AvgIpc) is 2.98. The Bertz CT molecular complexity index is 490. The summed E-state index contributed by atoms with van der Waals surface area (Å²) < 4.78 is 50.6. The summed E-state index contributed by atoms with van der Waals surface area (Å²) in [6.07, 6.45) is 1.85. The van der Waals surface area contributed by atoms with Gasteiger partial charge in [0.25, 0.3) is 0 Å². The Kier molecular flexibility index (Phi) is 12.7. The summed E-state index contributed by atoms with van der Waals surface area (Å²) in [5.74, 6) is 0. The first-order valence-corrected chi connectivity index (χ1v) is 11.7. The summed E-state index contributed by atoms with van der Waals surface area (Å²) in [5, 5.41) is 14.9. The van der Waals surface area contributed by atoms with Crippen molar-refractivity contribution in [3.63, 3.8) is 0 Å². The Hall–Kier alpha value is -0.240. The Morgan fingerprint density at radius 2 is 1.26 bits per heavy atom. The molecule has 1 heterocycles. The van der Waals surface area contributed by atoms with Crippen LogP contribution in [-0.4, -0.2) is 68.9 Å². The number of hydrogen-bond donors (Lipinski definition) is 4. The quantitative estimate of drug-likeness (QED) is 0.166. The van der Waals surface area contributed by atoms with Gasteiger partial charge in [-0.25, -0.2) is 17.6 Å². The summed E-state index contributed by atoms with van der Waals surface area (Å²) >= 11 is 5.66. The number of rotatable bonds is 15. The van der Waals surface area contributed by atoms with Crippen LogP contribution < -0.4 is 21.3 Å². The monoisotopic (exact) mass is 468 g/mol. The standard InChI is InChI=1S/C14H26F4N5S4/c1-23(25-12(20-8-4-16)11(24-2)19-7-3-15)26-13(21-9-5-17)14(27-23)22-10-6-18/h19-22H,3-10H2,1-2H3/q+1/b12-11-. The molecule has 0 aromatic carbocycles. The minimum Gasteiger partial charge on any atom is -0.375 e. The molecule has 1 rings (SSSR count). The van der Waals surface area contributed by atoms with Crippen molar-refractivity contribution in [2.45, 2.75) is 0 Å². The molecule has 0 aromatic heterocycles. The molecular formula is C14H26F4N5S4+. The third-order valence-corrected chi connectivity index (χ3v) is 7.85. The molecule has 5 nitrogen and oxygen atoms in total. The molecular weight excluding hydrogens is 442 g/mol. The summed E-state index contributed by atoms with van der Waals surface area (Å²) in [6, 6.07) is 0. The number of nitrogens with zero attached hydrogens (tertiary/aromatic N) is 1. The molecule has 158 valence electrons. The van der Waals surface area contributed by atoms with Crippen LogP contribution in [0.1, 0.15) is 0 Å². The Morgan fingerprint density at radius 3 is 1.67 bits per heavy atom. The molecule has 0 amide bonds. The van der Waals surface area contributed by atoms with E-state index in [0.29, 0.717) is 7.73 Å². The van der Waals surface area contributed by atoms with Crippen molar-refractivity contribution in [2.24, 2.45) is 0 Å². The van der Waals surface area contributed by atoms with Crippen molar-refractivity contribution in [3.05, 3.63) is 20.1 Å². The molecule has 4 N–H and O–H groups in total. The molecule has 0 fully saturated rings. The molecule has 0 aliphatic carbocycles. The van der Waals surface area contributed by atoms with Crippen LogP contribution in [0.3, 0.4) is 0 Å². The maximum absolute atomic E-state index is 12.7. The Labute approximate surface area is 175 Å². The molecule has 1 aliphatic heterocycles. The van der Waals surface area contributed by atoms with Crippen LogP contribution in [0.15, 0.2) is 20.1 Å². The highest BCUT2D eigenvalue weighted by Gasteiger charge is 2.43. The third-order valence-electron chi connectivity index (χ3n) is 2.91. The van der Waals surface area contributed by atoms with Crippen molar-refractivity contribution in [2.75, 3.05) is 66.2 Å². The van der Waals surface area contributed by atoms with Gasteiger partial charge in [-0.3, -0.25) is 0 Å². The van der Waals surface area contributed by atoms with Gasteiger partial charge >= 0.3 is 0 Å². The number of quaternary nitrogens is 1. The van der Waals surface area contributed by atoms with Gasteiger partial charge < -0.3 is 21.3 Å². The Morgan fingerprint density at radius 1 is 0.815 bits per heavy atom. The molecule has 27 heavy (non-hydrogen) atoms. The van der Waals surface area contributed by atoms with E-state index in [4.69, 9.17) is 0 Å². The molecule has 13 heteroatoms. The predicted molar refractivity (Wildman–Crippen MR) is 112 cm³/mol. The molecule has 0 aromatic rings. The van der Waals surface area contributed by atoms with Gasteiger partial charge in [0.15, 0.2) is 50.9 Å². The number of hydrogen-bond acceptors (Lipinski definition) is 8. The van der Waals surface area contributed by atoms with Crippen LogP contribution in [-0.2, 0) is 0 Å². The fourth-order valence-corrected chi connectivity index (χ4v) is 6.74. The number of alkyl halides is 4. The predicted octanol–water partition coefficient (Wildman–Crippen LogP) is 3.24. The van der Waals surface area contributed by atoms with E-state index in [1.165, 1.54) is 47.6 Å². The Balaban J connectivity index is 2.94. The van der Waals surface area contributed by atoms with E-state index in [1.807, 2.05) is 13.3 Å². The number of nitrogens with one attached hydrogen (secondary N) is 4. The normalized spacial score (nSPS) is 17.0. The van der Waals surface area contributed by atoms with Gasteiger partial charge in [0.2, 0.25) is 0 Å². The smallest absolute Gasteiger partial charge is 0.166 e. The van der Waals surface area contributed by atoms with Crippen molar-refractivity contribution in [1.82, 2.24) is 21.3 Å². The van der Waals surface area contributed by atoms with E-state index in [0.717, 1.165) is 15.1 Å². The lowest BCUT2D eigenvalue weighted by Crippen LogP contribution is -2.27. The third kappa shape index (κ3) is 8.75. The van der Waals surface area contributed by atoms with Gasteiger partial charge in [-0.2, -0.15) is 0 Å². The maximum Gasteiger partial charge on any atom is 0.166 e. The van der Waals surface area contributed by atoms with Crippen molar-refractivity contribution >= 4 is 47.6 Å². The summed E-state index contributed by atoms with van der Waals surface area (Å²) in [4.78, 5) is 0. The van der Waals surface area contributed by atoms with Crippen molar-refractivity contribution in [3.8, 4) is 0 Å². The van der Waals surface area contributed by atoms with Gasteiger partial charge in [-0.05, 0) is 6.26 Å². The van der Waals surface area contributed by atoms with Crippen LogP contribution in [0.4, 0.5) is 17.6 Å². The lowest BCUT2D eigenvalue weighted by molar-refractivity contribution is -0.439. The van der Waals surface area contributed by atoms with Crippen LogP contribution in [0.25, 0.3) is 0 Å². The first kappa shape index (κ1) is 24.8. The van der Waals surface area contributed by atoms with Crippen LogP contribution >= 0.6 is 47.6 Å². The van der Waals surface area contributed by atoms with E-state index >= 15 is 0 Å². The lowest BCUT2D eigenvalue weighted by atomic mass is 10.6. The molecule has 0 unspecified atom stereocenters. The van der Waals surface area contributed by atoms with Crippen LogP contribution in [0, 0.1) is 0 Å². The zero-order valence-electron chi connectivity index (χ0n) is 15.2. The molecule has 0 saturated carbocycles. The van der Waals surface area contributed by atoms with E-state index in [1.54, 1.807) is 0 Å². The summed E-state index contributed by atoms with van der Waals surface area (Å²) in [5.41, 5.74) is 0. The van der Waals surface area contributed by atoms with Crippen LogP contribution in [0.2, 0.25) is 0 Å². The van der Waals surface area contributed by atoms with Crippen LogP contribution in [0.5, 0.6) is 0 Å². The van der Waals surface area contributed by atoms with E-state index in [9.17, 15) is 17.6 Å². The molecule has 0 saturated heterocycles. The summed E-state index contributed by atoms with van der Waals surface area (Å²) in [7, 11) is 1.92. The van der Waals surface area contributed by atoms with Gasteiger partial charge in [-0.15, -0.1) is 14.5 Å². The molecule has 1 aliphatic rings. The fourth-order valence-electron chi connectivity index (χ4n) is 1.90. The fraction of sp³-hybridized carbons (Fsp3) is 0.714. The number of halogens is 4. The highest BCUT2D eigenvalue weighted by atomic mass is 32.3. The second kappa shape index (κ2) is 13.9. The highest BCUT2D eigenvalue weighted by Crippen LogP contribution is 2.55. The van der Waals surface area contributed by atoms with Gasteiger partial charge in [0.1, 0.15) is 38.8 Å². The highest BCUT2D eigenvalue weighted by molar-refractivity contribution is 8.23.